The van der Waals surface area contributed by atoms with Gasteiger partial charge in [-0.3, -0.25) is 4.79 Å². The smallest absolute Gasteiger partial charge is 0.253 e. The van der Waals surface area contributed by atoms with E-state index in [2.05, 4.69) is 0 Å². The predicted octanol–water partition coefficient (Wildman–Crippen LogP) is 1.13. The zero-order valence-electron chi connectivity index (χ0n) is 9.37. The Labute approximate surface area is 93.8 Å². The average molecular weight is 226 g/mol. The van der Waals surface area contributed by atoms with E-state index in [1.165, 1.54) is 23.1 Å². The molecule has 0 atom stereocenters. The van der Waals surface area contributed by atoms with Gasteiger partial charge in [-0.1, -0.05) is 0 Å². The van der Waals surface area contributed by atoms with E-state index in [-0.39, 0.29) is 11.6 Å². The second-order valence-corrected chi connectivity index (χ2v) is 3.46. The van der Waals surface area contributed by atoms with Crippen LogP contribution in [0.3, 0.4) is 0 Å². The fourth-order valence-corrected chi connectivity index (χ4v) is 1.23. The van der Waals surface area contributed by atoms with Crippen LogP contribution in [0.25, 0.3) is 0 Å². The van der Waals surface area contributed by atoms with Crippen LogP contribution in [0, 0.1) is 5.82 Å². The van der Waals surface area contributed by atoms with Gasteiger partial charge in [0.1, 0.15) is 5.82 Å². The number of ether oxygens (including phenoxy) is 1. The van der Waals surface area contributed by atoms with E-state index in [0.29, 0.717) is 18.7 Å². The van der Waals surface area contributed by atoms with E-state index in [4.69, 9.17) is 10.5 Å². The summed E-state index contributed by atoms with van der Waals surface area (Å²) >= 11 is 0. The van der Waals surface area contributed by atoms with Gasteiger partial charge in [0.25, 0.3) is 5.91 Å². The molecule has 4 nitrogen and oxygen atoms in total. The first-order chi connectivity index (χ1) is 7.56. The number of hydrogen-bond donors (Lipinski definition) is 1. The molecular weight excluding hydrogens is 211 g/mol. The van der Waals surface area contributed by atoms with Crippen molar-refractivity contribution in [2.75, 3.05) is 33.0 Å². The Morgan fingerprint density at radius 1 is 1.56 bits per heavy atom. The van der Waals surface area contributed by atoms with Gasteiger partial charge in [0.15, 0.2) is 0 Å². The molecule has 0 aliphatic rings. The minimum absolute atomic E-state index is 0.0222. The third-order valence-corrected chi connectivity index (χ3v) is 2.22. The SMILES string of the molecule is COCCN(C)C(=O)c1ccc(F)c(N)c1. The Hall–Kier alpha value is -1.62. The number of nitrogens with zero attached hydrogens (tertiary/aromatic N) is 1. The summed E-state index contributed by atoms with van der Waals surface area (Å²) in [5.41, 5.74) is 5.74. The van der Waals surface area contributed by atoms with Crippen LogP contribution < -0.4 is 5.73 Å². The van der Waals surface area contributed by atoms with E-state index in [1.807, 2.05) is 0 Å². The Balaban J connectivity index is 2.76. The van der Waals surface area contributed by atoms with Gasteiger partial charge >= 0.3 is 0 Å². The molecule has 1 aromatic carbocycles. The first-order valence-electron chi connectivity index (χ1n) is 4.85. The molecule has 2 N–H and O–H groups in total. The second kappa shape index (κ2) is 5.46. The molecular formula is C11H15FN2O2. The van der Waals surface area contributed by atoms with Crippen LogP contribution in [-0.2, 0) is 4.74 Å². The number of rotatable bonds is 4. The first-order valence-corrected chi connectivity index (χ1v) is 4.85. The van der Waals surface area contributed by atoms with Gasteiger partial charge in [-0.15, -0.1) is 0 Å². The van der Waals surface area contributed by atoms with Gasteiger partial charge in [-0.05, 0) is 18.2 Å². The molecule has 0 aliphatic heterocycles. The topological polar surface area (TPSA) is 55.6 Å². The quantitative estimate of drug-likeness (QED) is 0.783. The number of anilines is 1. The molecule has 1 amide bonds. The number of amides is 1. The maximum absolute atomic E-state index is 12.9. The predicted molar refractivity (Wildman–Crippen MR) is 59.6 cm³/mol. The zero-order valence-corrected chi connectivity index (χ0v) is 9.37. The molecule has 0 aliphatic carbocycles. The Morgan fingerprint density at radius 2 is 2.25 bits per heavy atom. The fourth-order valence-electron chi connectivity index (χ4n) is 1.23. The number of methoxy groups -OCH3 is 1. The molecule has 0 saturated heterocycles. The van der Waals surface area contributed by atoms with Crippen molar-refractivity contribution < 1.29 is 13.9 Å². The number of likely N-dealkylation sites (N-methyl/N-ethyl adjacent to an activating group) is 1. The van der Waals surface area contributed by atoms with Crippen molar-refractivity contribution in [2.24, 2.45) is 0 Å². The van der Waals surface area contributed by atoms with Crippen molar-refractivity contribution in [1.82, 2.24) is 4.90 Å². The molecule has 0 saturated carbocycles. The third-order valence-electron chi connectivity index (χ3n) is 2.22. The maximum Gasteiger partial charge on any atom is 0.253 e. The normalized spacial score (nSPS) is 10.2. The summed E-state index contributed by atoms with van der Waals surface area (Å²) in [5.74, 6) is -0.722. The van der Waals surface area contributed by atoms with Crippen molar-refractivity contribution in [1.29, 1.82) is 0 Å². The molecule has 0 unspecified atom stereocenters. The van der Waals surface area contributed by atoms with Gasteiger partial charge in [0.2, 0.25) is 0 Å². The summed E-state index contributed by atoms with van der Waals surface area (Å²) < 4.78 is 17.8. The fraction of sp³-hybridized carbons (Fsp3) is 0.364. The number of hydrogen-bond acceptors (Lipinski definition) is 3. The molecule has 0 spiro atoms. The van der Waals surface area contributed by atoms with Gasteiger partial charge in [-0.25, -0.2) is 4.39 Å². The van der Waals surface area contributed by atoms with E-state index in [9.17, 15) is 9.18 Å². The Bertz CT molecular complexity index is 382. The Kier molecular flexibility index (Phi) is 4.25. The van der Waals surface area contributed by atoms with Gasteiger partial charge in [0.05, 0.1) is 12.3 Å². The van der Waals surface area contributed by atoms with Gasteiger partial charge < -0.3 is 15.4 Å². The van der Waals surface area contributed by atoms with Crippen molar-refractivity contribution in [3.05, 3.63) is 29.6 Å². The number of benzene rings is 1. The minimum atomic E-state index is -0.518. The number of halogens is 1. The molecule has 1 aromatic rings. The summed E-state index contributed by atoms with van der Waals surface area (Å²) in [6.07, 6.45) is 0. The lowest BCUT2D eigenvalue weighted by molar-refractivity contribution is 0.0744. The van der Waals surface area contributed by atoms with E-state index in [1.54, 1.807) is 14.2 Å². The van der Waals surface area contributed by atoms with Gasteiger partial charge in [0, 0.05) is 26.3 Å². The lowest BCUT2D eigenvalue weighted by atomic mass is 10.1. The van der Waals surface area contributed by atoms with Crippen LogP contribution in [0.2, 0.25) is 0 Å². The average Bonchev–Trinajstić information content (AvgIpc) is 2.28. The van der Waals surface area contributed by atoms with E-state index < -0.39 is 5.82 Å². The molecule has 0 heterocycles. The lowest BCUT2D eigenvalue weighted by Gasteiger charge is -2.16. The van der Waals surface area contributed by atoms with Crippen molar-refractivity contribution in [2.45, 2.75) is 0 Å². The van der Waals surface area contributed by atoms with Crippen LogP contribution in [0.4, 0.5) is 10.1 Å². The number of carbonyl (C=O) groups is 1. The molecule has 0 fully saturated rings. The van der Waals surface area contributed by atoms with Crippen LogP contribution in [0.1, 0.15) is 10.4 Å². The number of nitrogens with two attached hydrogens (primary N) is 1. The van der Waals surface area contributed by atoms with Gasteiger partial charge in [-0.2, -0.15) is 0 Å². The van der Waals surface area contributed by atoms with E-state index in [0.717, 1.165) is 0 Å². The third kappa shape index (κ3) is 2.93. The summed E-state index contributed by atoms with van der Waals surface area (Å²) in [6.45, 7) is 0.936. The zero-order chi connectivity index (χ0) is 12.1. The van der Waals surface area contributed by atoms with Crippen molar-refractivity contribution >= 4 is 11.6 Å². The molecule has 1 rings (SSSR count). The molecule has 16 heavy (non-hydrogen) atoms. The molecule has 0 aromatic heterocycles. The van der Waals surface area contributed by atoms with Crippen molar-refractivity contribution in [3.63, 3.8) is 0 Å². The van der Waals surface area contributed by atoms with E-state index >= 15 is 0 Å². The highest BCUT2D eigenvalue weighted by atomic mass is 19.1. The van der Waals surface area contributed by atoms with Crippen LogP contribution in [-0.4, -0.2) is 38.1 Å². The molecule has 0 radical (unpaired) electrons. The van der Waals surface area contributed by atoms with Crippen LogP contribution in [0.5, 0.6) is 0 Å². The first kappa shape index (κ1) is 12.4. The summed E-state index contributed by atoms with van der Waals surface area (Å²) in [7, 11) is 3.22. The lowest BCUT2D eigenvalue weighted by Crippen LogP contribution is -2.30. The number of carbonyl (C=O) groups excluding carboxylic acids is 1. The number of nitrogen functional groups attached to an aromatic ring is 1. The monoisotopic (exact) mass is 226 g/mol. The van der Waals surface area contributed by atoms with Crippen molar-refractivity contribution in [3.8, 4) is 0 Å². The maximum atomic E-state index is 12.9. The highest BCUT2D eigenvalue weighted by Crippen LogP contribution is 2.13. The highest BCUT2D eigenvalue weighted by molar-refractivity contribution is 5.94. The minimum Gasteiger partial charge on any atom is -0.396 e. The summed E-state index contributed by atoms with van der Waals surface area (Å²) in [5, 5.41) is 0. The standard InChI is InChI=1S/C11H15FN2O2/c1-14(5-6-16-2)11(15)8-3-4-9(12)10(13)7-8/h3-4,7H,5-6,13H2,1-2H3. The Morgan fingerprint density at radius 3 is 2.81 bits per heavy atom. The summed E-state index contributed by atoms with van der Waals surface area (Å²) in [6, 6.07) is 3.94. The highest BCUT2D eigenvalue weighted by Gasteiger charge is 2.12. The van der Waals surface area contributed by atoms with Crippen LogP contribution >= 0.6 is 0 Å². The molecule has 88 valence electrons. The molecule has 5 heteroatoms. The van der Waals surface area contributed by atoms with Crippen LogP contribution in [0.15, 0.2) is 18.2 Å². The summed E-state index contributed by atoms with van der Waals surface area (Å²) in [4.78, 5) is 13.3. The largest absolute Gasteiger partial charge is 0.396 e. The molecule has 0 bridgehead atoms. The second-order valence-electron chi connectivity index (χ2n) is 3.46.